The summed E-state index contributed by atoms with van der Waals surface area (Å²) in [5.74, 6) is 0.499. The molecule has 166 valence electrons. The molecule has 6 rings (SSSR count). The molecule has 34 heavy (non-hydrogen) atoms. The molecule has 0 radical (unpaired) electrons. The number of carbonyl (C=O) groups excluding carboxylic acids is 1. The van der Waals surface area contributed by atoms with Crippen molar-refractivity contribution in [2.75, 3.05) is 5.32 Å². The zero-order chi connectivity index (χ0) is 23.1. The number of carbonyl (C=O) groups is 1. The number of rotatable bonds is 5. The first kappa shape index (κ1) is 19.8. The molecule has 0 bridgehead atoms. The van der Waals surface area contributed by atoms with Crippen LogP contribution >= 0.6 is 0 Å². The number of aromatic amines is 2. The van der Waals surface area contributed by atoms with Gasteiger partial charge in [-0.15, -0.1) is 0 Å². The van der Waals surface area contributed by atoms with E-state index in [0.717, 1.165) is 33.2 Å². The van der Waals surface area contributed by atoms with Crippen molar-refractivity contribution in [3.05, 3.63) is 61.6 Å². The number of fused-ring (bicyclic) bond motifs is 2. The number of amides is 1. The Morgan fingerprint density at radius 1 is 1.00 bits per heavy atom. The zero-order valence-electron chi connectivity index (χ0n) is 18.0. The predicted molar refractivity (Wildman–Crippen MR) is 127 cm³/mol. The topological polar surface area (TPSA) is 138 Å². The molecular formula is C24H18N8O2. The maximum atomic E-state index is 11.8. The molecule has 0 aliphatic carbocycles. The Balaban J connectivity index is 1.43. The summed E-state index contributed by atoms with van der Waals surface area (Å²) in [6.07, 6.45) is 10.5. The number of aromatic nitrogens is 7. The molecule has 0 fully saturated rings. The summed E-state index contributed by atoms with van der Waals surface area (Å²) in [6.45, 7) is 1.80. The van der Waals surface area contributed by atoms with Crippen molar-refractivity contribution >= 4 is 33.7 Å². The Kier molecular flexibility index (Phi) is 4.61. The van der Waals surface area contributed by atoms with E-state index in [1.54, 1.807) is 44.2 Å². The SMILES string of the molecule is CCC(=O)Nc1cncc(-c2ccc3[nH]nc(-c4nc5c(-c6ccoc6)cncc5[nH]4)c3n2)c1. The predicted octanol–water partition coefficient (Wildman–Crippen LogP) is 4.57. The van der Waals surface area contributed by atoms with Crippen LogP contribution in [0, 0.1) is 0 Å². The molecule has 0 saturated carbocycles. The van der Waals surface area contributed by atoms with Gasteiger partial charge < -0.3 is 14.7 Å². The van der Waals surface area contributed by atoms with Crippen molar-refractivity contribution in [2.24, 2.45) is 0 Å². The molecule has 0 aliphatic rings. The van der Waals surface area contributed by atoms with Gasteiger partial charge in [0, 0.05) is 35.5 Å². The maximum Gasteiger partial charge on any atom is 0.224 e. The number of nitrogens with zero attached hydrogens (tertiary/aromatic N) is 5. The van der Waals surface area contributed by atoms with Gasteiger partial charge in [-0.1, -0.05) is 6.92 Å². The number of hydrogen-bond acceptors (Lipinski definition) is 7. The smallest absolute Gasteiger partial charge is 0.224 e. The van der Waals surface area contributed by atoms with Crippen molar-refractivity contribution in [3.8, 4) is 33.9 Å². The average molecular weight is 450 g/mol. The molecule has 6 aromatic heterocycles. The first-order chi connectivity index (χ1) is 16.7. The first-order valence-electron chi connectivity index (χ1n) is 10.7. The second kappa shape index (κ2) is 7.93. The monoisotopic (exact) mass is 450 g/mol. The van der Waals surface area contributed by atoms with E-state index in [2.05, 4.69) is 30.5 Å². The lowest BCUT2D eigenvalue weighted by molar-refractivity contribution is -0.115. The van der Waals surface area contributed by atoms with Crippen LogP contribution in [0.25, 0.3) is 56.0 Å². The number of anilines is 1. The van der Waals surface area contributed by atoms with Crippen LogP contribution in [0.1, 0.15) is 13.3 Å². The van der Waals surface area contributed by atoms with E-state index in [1.807, 2.05) is 24.3 Å². The molecule has 10 heteroatoms. The molecule has 10 nitrogen and oxygen atoms in total. The Hall–Kier alpha value is -4.86. The third-order valence-electron chi connectivity index (χ3n) is 5.50. The van der Waals surface area contributed by atoms with Gasteiger partial charge in [-0.2, -0.15) is 5.10 Å². The van der Waals surface area contributed by atoms with Crippen LogP contribution in [0.5, 0.6) is 0 Å². The number of hydrogen-bond donors (Lipinski definition) is 3. The second-order valence-corrected chi connectivity index (χ2v) is 7.71. The quantitative estimate of drug-likeness (QED) is 0.350. The largest absolute Gasteiger partial charge is 0.472 e. The Labute approximate surface area is 192 Å². The summed E-state index contributed by atoms with van der Waals surface area (Å²) >= 11 is 0. The number of pyridine rings is 3. The van der Waals surface area contributed by atoms with Gasteiger partial charge in [0.15, 0.2) is 11.5 Å². The summed E-state index contributed by atoms with van der Waals surface area (Å²) < 4.78 is 5.22. The third-order valence-corrected chi connectivity index (χ3v) is 5.50. The van der Waals surface area contributed by atoms with Crippen LogP contribution < -0.4 is 5.32 Å². The summed E-state index contributed by atoms with van der Waals surface area (Å²) in [5, 5.41) is 10.3. The Morgan fingerprint density at radius 2 is 1.91 bits per heavy atom. The van der Waals surface area contributed by atoms with Crippen LogP contribution in [0.4, 0.5) is 5.69 Å². The molecule has 0 saturated heterocycles. The molecule has 0 unspecified atom stereocenters. The van der Waals surface area contributed by atoms with E-state index in [0.29, 0.717) is 34.8 Å². The van der Waals surface area contributed by atoms with E-state index in [-0.39, 0.29) is 5.91 Å². The van der Waals surface area contributed by atoms with Crippen molar-refractivity contribution < 1.29 is 9.21 Å². The van der Waals surface area contributed by atoms with Crippen molar-refractivity contribution in [2.45, 2.75) is 13.3 Å². The fourth-order valence-corrected chi connectivity index (χ4v) is 3.80. The molecule has 0 atom stereocenters. The van der Waals surface area contributed by atoms with Crippen LogP contribution in [0.3, 0.4) is 0 Å². The number of furan rings is 1. The first-order valence-corrected chi connectivity index (χ1v) is 10.7. The molecular weight excluding hydrogens is 432 g/mol. The van der Waals surface area contributed by atoms with E-state index in [1.165, 1.54) is 0 Å². The van der Waals surface area contributed by atoms with Gasteiger partial charge in [-0.25, -0.2) is 9.97 Å². The van der Waals surface area contributed by atoms with Crippen molar-refractivity contribution in [1.82, 2.24) is 35.1 Å². The lowest BCUT2D eigenvalue weighted by atomic mass is 10.1. The molecule has 3 N–H and O–H groups in total. The highest BCUT2D eigenvalue weighted by Crippen LogP contribution is 2.31. The van der Waals surface area contributed by atoms with Crippen LogP contribution in [0.15, 0.2) is 66.0 Å². The zero-order valence-corrected chi connectivity index (χ0v) is 18.0. The van der Waals surface area contributed by atoms with Crippen LogP contribution in [-0.4, -0.2) is 41.0 Å². The van der Waals surface area contributed by atoms with Gasteiger partial charge in [0.1, 0.15) is 11.0 Å². The molecule has 1 amide bonds. The van der Waals surface area contributed by atoms with E-state index >= 15 is 0 Å². The van der Waals surface area contributed by atoms with Gasteiger partial charge in [-0.05, 0) is 24.3 Å². The van der Waals surface area contributed by atoms with Crippen molar-refractivity contribution in [1.29, 1.82) is 0 Å². The molecule has 0 aromatic carbocycles. The third kappa shape index (κ3) is 3.37. The molecule has 0 spiro atoms. The van der Waals surface area contributed by atoms with E-state index in [9.17, 15) is 4.79 Å². The lowest BCUT2D eigenvalue weighted by Gasteiger charge is -2.06. The highest BCUT2D eigenvalue weighted by molar-refractivity contribution is 5.96. The fraction of sp³-hybridized carbons (Fsp3) is 0.0833. The van der Waals surface area contributed by atoms with Crippen LogP contribution in [-0.2, 0) is 4.79 Å². The Morgan fingerprint density at radius 3 is 2.76 bits per heavy atom. The second-order valence-electron chi connectivity index (χ2n) is 7.71. The molecule has 6 heterocycles. The van der Waals surface area contributed by atoms with Crippen molar-refractivity contribution in [3.63, 3.8) is 0 Å². The maximum absolute atomic E-state index is 11.8. The summed E-state index contributed by atoms with van der Waals surface area (Å²) in [7, 11) is 0. The minimum absolute atomic E-state index is 0.0753. The number of nitrogens with one attached hydrogen (secondary N) is 3. The van der Waals surface area contributed by atoms with Crippen LogP contribution in [0.2, 0.25) is 0 Å². The fourth-order valence-electron chi connectivity index (χ4n) is 3.80. The normalized spacial score (nSPS) is 11.3. The van der Waals surface area contributed by atoms with Gasteiger partial charge in [-0.3, -0.25) is 19.9 Å². The average Bonchev–Trinajstić information content (AvgIpc) is 3.62. The van der Waals surface area contributed by atoms with Gasteiger partial charge >= 0.3 is 0 Å². The van der Waals surface area contributed by atoms with E-state index < -0.39 is 0 Å². The Bertz CT molecular complexity index is 1650. The number of H-pyrrole nitrogens is 2. The van der Waals surface area contributed by atoms with Gasteiger partial charge in [0.2, 0.25) is 5.91 Å². The minimum atomic E-state index is -0.0753. The summed E-state index contributed by atoms with van der Waals surface area (Å²) in [4.78, 5) is 33.3. The minimum Gasteiger partial charge on any atom is -0.472 e. The highest BCUT2D eigenvalue weighted by atomic mass is 16.3. The molecule has 6 aromatic rings. The number of imidazole rings is 1. The molecule has 0 aliphatic heterocycles. The summed E-state index contributed by atoms with van der Waals surface area (Å²) in [5.41, 5.74) is 7.43. The lowest BCUT2D eigenvalue weighted by Crippen LogP contribution is -2.09. The van der Waals surface area contributed by atoms with Gasteiger partial charge in [0.25, 0.3) is 0 Å². The summed E-state index contributed by atoms with van der Waals surface area (Å²) in [6, 6.07) is 7.51. The van der Waals surface area contributed by atoms with E-state index in [4.69, 9.17) is 14.4 Å². The highest BCUT2D eigenvalue weighted by Gasteiger charge is 2.17. The standard InChI is InChI=1S/C24H18N8O2/c1-2-20(33)27-15-7-14(8-25-9-15)17-3-4-18-22(28-17)23(32-31-18)24-29-19-11-26-10-16(21(19)30-24)13-5-6-34-12-13/h3-12H,2H2,1H3,(H,27,33)(H,29,30)(H,31,32). The van der Waals surface area contributed by atoms with Gasteiger partial charge in [0.05, 0.1) is 47.3 Å².